The number of fused-ring (bicyclic) bond motifs is 1. The molecule has 7 heteroatoms. The van der Waals surface area contributed by atoms with Crippen molar-refractivity contribution < 1.29 is 14.0 Å². The molecule has 2 aromatic rings. The Morgan fingerprint density at radius 3 is 2.46 bits per heavy atom. The molecule has 1 saturated heterocycles. The standard InChI is InChI=1S/C17H13FN4O2/c1-10-3-2-4-13(9-10)22-15-14(19-20-22)16(23)21(17(15)24)12-7-5-11(18)6-8-12/h2-9,14-15H,1H3/t14-,15-/m1/s1. The highest BCUT2D eigenvalue weighted by atomic mass is 19.1. The quantitative estimate of drug-likeness (QED) is 0.798. The van der Waals surface area contributed by atoms with Crippen LogP contribution in [0.2, 0.25) is 0 Å². The number of hydrogen-bond acceptors (Lipinski definition) is 5. The van der Waals surface area contributed by atoms with Gasteiger partial charge in [0.05, 0.1) is 11.4 Å². The highest BCUT2D eigenvalue weighted by molar-refractivity contribution is 6.26. The molecule has 2 atom stereocenters. The molecule has 0 radical (unpaired) electrons. The number of imide groups is 1. The predicted molar refractivity (Wildman–Crippen MR) is 85.0 cm³/mol. The van der Waals surface area contributed by atoms with Crippen molar-refractivity contribution >= 4 is 23.2 Å². The minimum atomic E-state index is -0.872. The maximum atomic E-state index is 13.1. The van der Waals surface area contributed by atoms with Gasteiger partial charge in [0.25, 0.3) is 11.8 Å². The zero-order valence-electron chi connectivity index (χ0n) is 12.8. The maximum absolute atomic E-state index is 13.1. The highest BCUT2D eigenvalue weighted by Crippen LogP contribution is 2.35. The van der Waals surface area contributed by atoms with E-state index >= 15 is 0 Å². The molecule has 2 heterocycles. The summed E-state index contributed by atoms with van der Waals surface area (Å²) in [5.74, 6) is -1.29. The number of nitrogens with zero attached hydrogens (tertiary/aromatic N) is 4. The van der Waals surface area contributed by atoms with Crippen LogP contribution in [0.15, 0.2) is 58.9 Å². The summed E-state index contributed by atoms with van der Waals surface area (Å²) in [5.41, 5.74) is 2.05. The minimum absolute atomic E-state index is 0.334. The molecule has 0 aliphatic carbocycles. The molecule has 2 aliphatic heterocycles. The number of amides is 2. The molecule has 2 aromatic carbocycles. The third-order valence-corrected chi connectivity index (χ3v) is 4.13. The van der Waals surface area contributed by atoms with Gasteiger partial charge in [-0.2, -0.15) is 5.11 Å². The van der Waals surface area contributed by atoms with Crippen molar-refractivity contribution in [3.8, 4) is 0 Å². The first-order valence-corrected chi connectivity index (χ1v) is 7.46. The molecule has 0 unspecified atom stereocenters. The number of benzene rings is 2. The molecule has 24 heavy (non-hydrogen) atoms. The lowest BCUT2D eigenvalue weighted by atomic mass is 10.1. The predicted octanol–water partition coefficient (Wildman–Crippen LogP) is 2.63. The van der Waals surface area contributed by atoms with Crippen LogP contribution in [0, 0.1) is 12.7 Å². The van der Waals surface area contributed by atoms with Gasteiger partial charge >= 0.3 is 0 Å². The van der Waals surface area contributed by atoms with Crippen LogP contribution in [0.4, 0.5) is 15.8 Å². The first-order chi connectivity index (χ1) is 11.6. The average molecular weight is 324 g/mol. The topological polar surface area (TPSA) is 65.3 Å². The van der Waals surface area contributed by atoms with Crippen molar-refractivity contribution in [3.05, 3.63) is 59.9 Å². The van der Waals surface area contributed by atoms with Gasteiger partial charge in [-0.05, 0) is 48.9 Å². The maximum Gasteiger partial charge on any atom is 0.263 e. The fourth-order valence-corrected chi connectivity index (χ4v) is 2.99. The van der Waals surface area contributed by atoms with Crippen molar-refractivity contribution in [3.63, 3.8) is 0 Å². The van der Waals surface area contributed by atoms with Crippen LogP contribution in [0.25, 0.3) is 0 Å². The molecule has 2 aliphatic rings. The second-order valence-electron chi connectivity index (χ2n) is 5.77. The highest BCUT2D eigenvalue weighted by Gasteiger charge is 2.55. The molecule has 0 bridgehead atoms. The molecule has 0 aromatic heterocycles. The molecular weight excluding hydrogens is 311 g/mol. The second kappa shape index (κ2) is 5.23. The van der Waals surface area contributed by atoms with Gasteiger partial charge in [-0.25, -0.2) is 14.3 Å². The molecule has 4 rings (SSSR count). The molecular formula is C17H13FN4O2. The monoisotopic (exact) mass is 324 g/mol. The molecule has 2 amide bonds. The van der Waals surface area contributed by atoms with Crippen molar-refractivity contribution in [1.82, 2.24) is 0 Å². The summed E-state index contributed by atoms with van der Waals surface area (Å²) in [6, 6.07) is 11.0. The largest absolute Gasteiger partial charge is 0.271 e. The smallest absolute Gasteiger partial charge is 0.263 e. The van der Waals surface area contributed by atoms with E-state index in [0.717, 1.165) is 10.5 Å². The fourth-order valence-electron chi connectivity index (χ4n) is 2.99. The Morgan fingerprint density at radius 1 is 1.00 bits per heavy atom. The third kappa shape index (κ3) is 2.09. The Hall–Kier alpha value is -3.09. The SMILES string of the molecule is Cc1cccc(N2N=N[C@H]3C(=O)N(c4ccc(F)cc4)C(=O)[C@@H]32)c1. The molecule has 0 N–H and O–H groups in total. The van der Waals surface area contributed by atoms with Crippen LogP contribution in [-0.2, 0) is 9.59 Å². The summed E-state index contributed by atoms with van der Waals surface area (Å²) in [6.45, 7) is 1.93. The van der Waals surface area contributed by atoms with E-state index in [4.69, 9.17) is 0 Å². The van der Waals surface area contributed by atoms with Crippen molar-refractivity contribution in [1.29, 1.82) is 0 Å². The van der Waals surface area contributed by atoms with E-state index < -0.39 is 29.7 Å². The number of hydrogen-bond donors (Lipinski definition) is 0. The first-order valence-electron chi connectivity index (χ1n) is 7.46. The Labute approximate surface area is 137 Å². The van der Waals surface area contributed by atoms with Gasteiger partial charge in [0, 0.05) is 0 Å². The lowest BCUT2D eigenvalue weighted by molar-refractivity contribution is -0.121. The molecule has 0 saturated carbocycles. The Bertz CT molecular complexity index is 865. The third-order valence-electron chi connectivity index (χ3n) is 4.13. The van der Waals surface area contributed by atoms with E-state index in [1.807, 2.05) is 31.2 Å². The average Bonchev–Trinajstić information content (AvgIpc) is 3.10. The normalized spacial score (nSPS) is 22.4. The summed E-state index contributed by atoms with van der Waals surface area (Å²) in [7, 11) is 0. The summed E-state index contributed by atoms with van der Waals surface area (Å²) in [5, 5.41) is 9.45. The lowest BCUT2D eigenvalue weighted by Gasteiger charge is -2.20. The zero-order chi connectivity index (χ0) is 16.8. The number of anilines is 2. The summed E-state index contributed by atoms with van der Waals surface area (Å²) >= 11 is 0. The molecule has 0 spiro atoms. The van der Waals surface area contributed by atoms with E-state index in [1.54, 1.807) is 0 Å². The van der Waals surface area contributed by atoms with Crippen LogP contribution in [0.3, 0.4) is 0 Å². The van der Waals surface area contributed by atoms with Gasteiger partial charge in [0.1, 0.15) is 5.82 Å². The Morgan fingerprint density at radius 2 is 1.75 bits per heavy atom. The summed E-state index contributed by atoms with van der Waals surface area (Å²) in [4.78, 5) is 26.4. The van der Waals surface area contributed by atoms with Crippen molar-refractivity contribution in [2.24, 2.45) is 10.3 Å². The van der Waals surface area contributed by atoms with Gasteiger partial charge in [0.2, 0.25) is 0 Å². The van der Waals surface area contributed by atoms with Crippen molar-refractivity contribution in [2.75, 3.05) is 9.91 Å². The first kappa shape index (κ1) is 14.5. The van der Waals surface area contributed by atoms with Crippen LogP contribution in [0.1, 0.15) is 5.56 Å². The number of carbonyl (C=O) groups is 2. The number of carbonyl (C=O) groups excluding carboxylic acids is 2. The van der Waals surface area contributed by atoms with Crippen LogP contribution < -0.4 is 9.91 Å². The molecule has 120 valence electrons. The van der Waals surface area contributed by atoms with Crippen LogP contribution >= 0.6 is 0 Å². The van der Waals surface area contributed by atoms with E-state index in [9.17, 15) is 14.0 Å². The fraction of sp³-hybridized carbons (Fsp3) is 0.176. The van der Waals surface area contributed by atoms with Gasteiger partial charge in [-0.15, -0.1) is 0 Å². The number of rotatable bonds is 2. The van der Waals surface area contributed by atoms with Gasteiger partial charge in [-0.1, -0.05) is 17.4 Å². The van der Waals surface area contributed by atoms with Gasteiger partial charge in [-0.3, -0.25) is 9.59 Å². The van der Waals surface area contributed by atoms with Crippen LogP contribution in [0.5, 0.6) is 0 Å². The minimum Gasteiger partial charge on any atom is -0.271 e. The van der Waals surface area contributed by atoms with Crippen molar-refractivity contribution in [2.45, 2.75) is 19.0 Å². The van der Waals surface area contributed by atoms with E-state index in [2.05, 4.69) is 10.3 Å². The summed E-state index contributed by atoms with van der Waals surface area (Å²) in [6.07, 6.45) is 0. The van der Waals surface area contributed by atoms with Gasteiger partial charge < -0.3 is 0 Å². The molecule has 6 nitrogen and oxygen atoms in total. The number of aryl methyl sites for hydroxylation is 1. The van der Waals surface area contributed by atoms with E-state index in [-0.39, 0.29) is 0 Å². The molecule has 1 fully saturated rings. The van der Waals surface area contributed by atoms with Gasteiger partial charge in [0.15, 0.2) is 12.1 Å². The Kier molecular flexibility index (Phi) is 3.16. The Balaban J connectivity index is 1.70. The van der Waals surface area contributed by atoms with Crippen LogP contribution in [-0.4, -0.2) is 23.9 Å². The zero-order valence-corrected chi connectivity index (χ0v) is 12.8. The summed E-state index contributed by atoms with van der Waals surface area (Å²) < 4.78 is 13.1. The van der Waals surface area contributed by atoms with E-state index in [0.29, 0.717) is 11.4 Å². The van der Waals surface area contributed by atoms with E-state index in [1.165, 1.54) is 29.3 Å². The second-order valence-corrected chi connectivity index (χ2v) is 5.77. The number of halogens is 1. The lowest BCUT2D eigenvalue weighted by Crippen LogP contribution is -2.39.